The van der Waals surface area contributed by atoms with Gasteiger partial charge >= 0.3 is 0 Å². The summed E-state index contributed by atoms with van der Waals surface area (Å²) in [5, 5.41) is 0. The second-order valence-electron chi connectivity index (χ2n) is 4.23. The number of hydrogen-bond acceptors (Lipinski definition) is 1. The third-order valence-corrected chi connectivity index (χ3v) is 4.57. The maximum absolute atomic E-state index is 2.41. The van der Waals surface area contributed by atoms with Gasteiger partial charge in [-0.2, -0.15) is 0 Å². The van der Waals surface area contributed by atoms with Crippen molar-refractivity contribution in [1.29, 1.82) is 0 Å². The highest BCUT2D eigenvalue weighted by Crippen LogP contribution is 2.46. The summed E-state index contributed by atoms with van der Waals surface area (Å²) in [7, 11) is 0. The summed E-state index contributed by atoms with van der Waals surface area (Å²) in [6, 6.07) is 9.25. The molecule has 70 valence electrons. The van der Waals surface area contributed by atoms with Gasteiger partial charge in [-0.05, 0) is 18.6 Å². The maximum Gasteiger partial charge on any atom is 0.0594 e. The minimum Gasteiger partial charge on any atom is -0.311 e. The monoisotopic (exact) mass is 287 g/mol. The van der Waals surface area contributed by atoms with Crippen LogP contribution in [-0.4, -0.2) is 6.04 Å². The van der Waals surface area contributed by atoms with Crippen molar-refractivity contribution in [2.75, 3.05) is 3.11 Å². The lowest BCUT2D eigenvalue weighted by atomic mass is 9.81. The molecule has 0 saturated heterocycles. The van der Waals surface area contributed by atoms with E-state index in [1.165, 1.54) is 11.3 Å². The van der Waals surface area contributed by atoms with Gasteiger partial charge < -0.3 is 3.11 Å². The van der Waals surface area contributed by atoms with E-state index in [2.05, 4.69) is 71.0 Å². The number of nitrogens with zero attached hydrogens (tertiary/aromatic N) is 1. The van der Waals surface area contributed by atoms with Gasteiger partial charge in [0.2, 0.25) is 0 Å². The Bertz CT molecular complexity index is 333. The first-order valence-corrected chi connectivity index (χ1v) is 5.56. The van der Waals surface area contributed by atoms with Gasteiger partial charge in [0, 0.05) is 17.1 Å². The fourth-order valence-corrected chi connectivity index (χ4v) is 3.04. The van der Waals surface area contributed by atoms with E-state index in [9.17, 15) is 0 Å². The summed E-state index contributed by atoms with van der Waals surface area (Å²) in [4.78, 5) is 0. The molecule has 0 amide bonds. The summed E-state index contributed by atoms with van der Waals surface area (Å²) in [5.41, 5.74) is 3.12. The van der Waals surface area contributed by atoms with Gasteiger partial charge in [-0.1, -0.05) is 32.0 Å². The van der Waals surface area contributed by atoms with Gasteiger partial charge in [0.05, 0.1) is 22.9 Å². The maximum atomic E-state index is 2.41. The second-order valence-corrected chi connectivity index (χ2v) is 5.27. The van der Waals surface area contributed by atoms with E-state index in [0.717, 1.165) is 0 Å². The SMILES string of the molecule is CC1N(I)c2ccccc2C1(C)C. The molecule has 0 aromatic heterocycles. The van der Waals surface area contributed by atoms with Crippen molar-refractivity contribution >= 4 is 28.6 Å². The molecule has 2 rings (SSSR count). The molecule has 1 aromatic carbocycles. The minimum absolute atomic E-state index is 0.276. The van der Waals surface area contributed by atoms with E-state index in [1.54, 1.807) is 0 Å². The highest BCUT2D eigenvalue weighted by atomic mass is 127. The van der Waals surface area contributed by atoms with Crippen molar-refractivity contribution in [1.82, 2.24) is 0 Å². The van der Waals surface area contributed by atoms with Crippen LogP contribution in [0, 0.1) is 0 Å². The number of halogens is 1. The zero-order valence-electron chi connectivity index (χ0n) is 8.21. The Morgan fingerprint density at radius 3 is 2.54 bits per heavy atom. The summed E-state index contributed by atoms with van der Waals surface area (Å²) in [5.74, 6) is 0. The van der Waals surface area contributed by atoms with Crippen LogP contribution < -0.4 is 3.11 Å². The summed E-state index contributed by atoms with van der Waals surface area (Å²) < 4.78 is 2.34. The van der Waals surface area contributed by atoms with Gasteiger partial charge in [0.25, 0.3) is 0 Å². The topological polar surface area (TPSA) is 3.24 Å². The number of rotatable bonds is 0. The summed E-state index contributed by atoms with van der Waals surface area (Å²) >= 11 is 2.41. The normalized spacial score (nSPS) is 24.6. The van der Waals surface area contributed by atoms with E-state index in [-0.39, 0.29) is 5.41 Å². The van der Waals surface area contributed by atoms with Crippen LogP contribution in [0.4, 0.5) is 5.69 Å². The Labute approximate surface area is 93.6 Å². The van der Waals surface area contributed by atoms with E-state index >= 15 is 0 Å². The first-order chi connectivity index (χ1) is 6.05. The third-order valence-electron chi connectivity index (χ3n) is 3.21. The molecule has 0 fully saturated rings. The van der Waals surface area contributed by atoms with Crippen molar-refractivity contribution in [3.8, 4) is 0 Å². The molecule has 1 unspecified atom stereocenters. The average Bonchev–Trinajstić information content (AvgIpc) is 2.30. The summed E-state index contributed by atoms with van der Waals surface area (Å²) in [6.45, 7) is 6.91. The number of fused-ring (bicyclic) bond motifs is 1. The number of anilines is 1. The van der Waals surface area contributed by atoms with Crippen molar-refractivity contribution in [2.24, 2.45) is 0 Å². The fraction of sp³-hybridized carbons (Fsp3) is 0.455. The van der Waals surface area contributed by atoms with Crippen LogP contribution in [0.2, 0.25) is 0 Å². The Morgan fingerprint density at radius 1 is 1.31 bits per heavy atom. The molecule has 2 heteroatoms. The van der Waals surface area contributed by atoms with Crippen LogP contribution in [0.3, 0.4) is 0 Å². The van der Waals surface area contributed by atoms with E-state index in [1.807, 2.05) is 0 Å². The standard InChI is InChI=1S/C11H14IN/c1-8-11(2,3)9-6-4-5-7-10(9)13(8)12/h4-8H,1-3H3. The predicted molar refractivity (Wildman–Crippen MR) is 65.4 cm³/mol. The van der Waals surface area contributed by atoms with E-state index in [4.69, 9.17) is 0 Å². The van der Waals surface area contributed by atoms with Crippen molar-refractivity contribution in [3.05, 3.63) is 29.8 Å². The molecule has 1 aromatic rings. The molecule has 0 spiro atoms. The molecule has 0 bridgehead atoms. The lowest BCUT2D eigenvalue weighted by Gasteiger charge is -2.26. The molecule has 1 atom stereocenters. The quantitative estimate of drug-likeness (QED) is 0.521. The molecule has 0 aliphatic carbocycles. The molecular weight excluding hydrogens is 273 g/mol. The number of para-hydroxylation sites is 1. The van der Waals surface area contributed by atoms with Crippen LogP contribution in [0.1, 0.15) is 26.3 Å². The fourth-order valence-electron chi connectivity index (χ4n) is 1.92. The smallest absolute Gasteiger partial charge is 0.0594 e. The average molecular weight is 287 g/mol. The van der Waals surface area contributed by atoms with Crippen molar-refractivity contribution in [3.63, 3.8) is 0 Å². The number of benzene rings is 1. The van der Waals surface area contributed by atoms with Crippen LogP contribution in [0.5, 0.6) is 0 Å². The van der Waals surface area contributed by atoms with Gasteiger partial charge in [-0.25, -0.2) is 0 Å². The first-order valence-electron chi connectivity index (χ1n) is 4.59. The summed E-state index contributed by atoms with van der Waals surface area (Å²) in [6.07, 6.45) is 0. The highest BCUT2D eigenvalue weighted by Gasteiger charge is 2.40. The Balaban J connectivity index is 2.61. The van der Waals surface area contributed by atoms with Gasteiger partial charge in [0.1, 0.15) is 0 Å². The lowest BCUT2D eigenvalue weighted by molar-refractivity contribution is 0.476. The van der Waals surface area contributed by atoms with Crippen LogP contribution in [0.25, 0.3) is 0 Å². The molecule has 13 heavy (non-hydrogen) atoms. The first kappa shape index (κ1) is 9.31. The molecule has 0 N–H and O–H groups in total. The predicted octanol–water partition coefficient (Wildman–Crippen LogP) is 3.52. The minimum atomic E-state index is 0.276. The number of hydrogen-bond donors (Lipinski definition) is 0. The zero-order valence-corrected chi connectivity index (χ0v) is 10.4. The van der Waals surface area contributed by atoms with E-state index < -0.39 is 0 Å². The van der Waals surface area contributed by atoms with Gasteiger partial charge in [0.15, 0.2) is 0 Å². The van der Waals surface area contributed by atoms with Crippen LogP contribution in [-0.2, 0) is 5.41 Å². The van der Waals surface area contributed by atoms with Crippen LogP contribution in [0.15, 0.2) is 24.3 Å². The van der Waals surface area contributed by atoms with Gasteiger partial charge in [-0.3, -0.25) is 0 Å². The molecule has 0 radical (unpaired) electrons. The third kappa shape index (κ3) is 1.18. The lowest BCUT2D eigenvalue weighted by Crippen LogP contribution is -2.33. The Hall–Kier alpha value is -0.250. The van der Waals surface area contributed by atoms with Crippen molar-refractivity contribution < 1.29 is 0 Å². The van der Waals surface area contributed by atoms with Crippen molar-refractivity contribution in [2.45, 2.75) is 32.2 Å². The molecular formula is C11H14IN. The largest absolute Gasteiger partial charge is 0.311 e. The van der Waals surface area contributed by atoms with Crippen LogP contribution >= 0.6 is 22.9 Å². The highest BCUT2D eigenvalue weighted by molar-refractivity contribution is 14.1. The zero-order chi connectivity index (χ0) is 9.64. The molecule has 1 heterocycles. The molecule has 1 aliphatic rings. The second kappa shape index (κ2) is 2.87. The molecule has 1 aliphatic heterocycles. The molecule has 1 nitrogen and oxygen atoms in total. The Morgan fingerprint density at radius 2 is 1.92 bits per heavy atom. The Kier molecular flexibility index (Phi) is 2.06. The molecule has 0 saturated carbocycles. The van der Waals surface area contributed by atoms with E-state index in [0.29, 0.717) is 6.04 Å². The van der Waals surface area contributed by atoms with Gasteiger partial charge in [-0.15, -0.1) is 0 Å².